The Bertz CT molecular complexity index is 525. The molecule has 1 amide bonds. The Labute approximate surface area is 113 Å². The average molecular weight is 286 g/mol. The fourth-order valence-corrected chi connectivity index (χ4v) is 2.42. The second-order valence-corrected chi connectivity index (χ2v) is 5.22. The third-order valence-corrected chi connectivity index (χ3v) is 3.84. The maximum atomic E-state index is 11.7. The fourth-order valence-electron chi connectivity index (χ4n) is 1.37. The average Bonchev–Trinajstić information content (AvgIpc) is 2.77. The lowest BCUT2D eigenvalue weighted by molar-refractivity contribution is -0.115. The molecule has 2 aromatic rings. The van der Waals surface area contributed by atoms with Gasteiger partial charge in [0.25, 0.3) is 0 Å². The van der Waals surface area contributed by atoms with Crippen molar-refractivity contribution in [2.75, 3.05) is 5.32 Å². The number of nitrogens with one attached hydrogen (secondary N) is 1. The molecule has 17 heavy (non-hydrogen) atoms. The summed E-state index contributed by atoms with van der Waals surface area (Å²) in [6.07, 6.45) is 0.348. The van der Waals surface area contributed by atoms with E-state index in [-0.39, 0.29) is 5.91 Å². The van der Waals surface area contributed by atoms with Crippen molar-refractivity contribution in [1.29, 1.82) is 0 Å². The number of rotatable bonds is 3. The van der Waals surface area contributed by atoms with E-state index in [0.29, 0.717) is 22.2 Å². The van der Waals surface area contributed by atoms with Crippen LogP contribution in [0.3, 0.4) is 0 Å². The van der Waals surface area contributed by atoms with Gasteiger partial charge in [0.15, 0.2) is 0 Å². The molecule has 1 aromatic heterocycles. The smallest absolute Gasteiger partial charge is 0.229 e. The van der Waals surface area contributed by atoms with Gasteiger partial charge in [-0.25, -0.2) is 0 Å². The van der Waals surface area contributed by atoms with Gasteiger partial charge in [0, 0.05) is 4.88 Å². The van der Waals surface area contributed by atoms with Crippen LogP contribution >= 0.6 is 34.5 Å². The van der Waals surface area contributed by atoms with E-state index < -0.39 is 0 Å². The van der Waals surface area contributed by atoms with Crippen LogP contribution in [0.2, 0.25) is 10.0 Å². The second kappa shape index (κ2) is 5.54. The molecular weight excluding hydrogens is 277 g/mol. The first-order valence-corrected chi connectivity index (χ1v) is 6.56. The molecule has 88 valence electrons. The Hall–Kier alpha value is -1.03. The minimum atomic E-state index is -0.100. The van der Waals surface area contributed by atoms with Crippen molar-refractivity contribution in [1.82, 2.24) is 0 Å². The van der Waals surface area contributed by atoms with Crippen LogP contribution in [0, 0.1) is 0 Å². The number of hydrogen-bond donors (Lipinski definition) is 1. The standard InChI is InChI=1S/C12H9Cl2NOS/c13-9-4-1-5-10(12(9)14)15-11(16)7-8-3-2-6-17-8/h1-6H,7H2,(H,15,16). The van der Waals surface area contributed by atoms with Crippen molar-refractivity contribution in [3.05, 3.63) is 50.6 Å². The summed E-state index contributed by atoms with van der Waals surface area (Å²) in [5.74, 6) is -0.100. The van der Waals surface area contributed by atoms with Gasteiger partial charge in [-0.2, -0.15) is 0 Å². The van der Waals surface area contributed by atoms with Crippen LogP contribution in [0.5, 0.6) is 0 Å². The summed E-state index contributed by atoms with van der Waals surface area (Å²) in [6.45, 7) is 0. The molecule has 0 radical (unpaired) electrons. The molecule has 0 fully saturated rings. The number of amides is 1. The Morgan fingerprint density at radius 2 is 2.06 bits per heavy atom. The Kier molecular flexibility index (Phi) is 4.05. The molecule has 2 nitrogen and oxygen atoms in total. The van der Waals surface area contributed by atoms with Gasteiger partial charge in [-0.3, -0.25) is 4.79 Å². The quantitative estimate of drug-likeness (QED) is 0.898. The molecule has 0 spiro atoms. The maximum Gasteiger partial charge on any atom is 0.229 e. The molecule has 0 unspecified atom stereocenters. The highest BCUT2D eigenvalue weighted by Gasteiger charge is 2.09. The Morgan fingerprint density at radius 1 is 1.24 bits per heavy atom. The minimum absolute atomic E-state index is 0.100. The molecule has 0 bridgehead atoms. The summed E-state index contributed by atoms with van der Waals surface area (Å²) in [5.41, 5.74) is 0.542. The lowest BCUT2D eigenvalue weighted by Crippen LogP contribution is -2.13. The predicted molar refractivity (Wildman–Crippen MR) is 73.1 cm³/mol. The van der Waals surface area contributed by atoms with Crippen molar-refractivity contribution in [2.24, 2.45) is 0 Å². The molecular formula is C12H9Cl2NOS. The third kappa shape index (κ3) is 3.22. The van der Waals surface area contributed by atoms with Gasteiger partial charge in [-0.05, 0) is 23.6 Å². The zero-order valence-electron chi connectivity index (χ0n) is 8.74. The first-order chi connectivity index (χ1) is 8.16. The van der Waals surface area contributed by atoms with E-state index in [2.05, 4.69) is 5.32 Å². The van der Waals surface area contributed by atoms with Gasteiger partial charge in [0.2, 0.25) is 5.91 Å². The number of carbonyl (C=O) groups excluding carboxylic acids is 1. The van der Waals surface area contributed by atoms with Crippen LogP contribution in [0.15, 0.2) is 35.7 Å². The fraction of sp³-hybridized carbons (Fsp3) is 0.0833. The summed E-state index contributed by atoms with van der Waals surface area (Å²) in [7, 11) is 0. The normalized spacial score (nSPS) is 10.2. The first-order valence-electron chi connectivity index (χ1n) is 4.93. The monoisotopic (exact) mass is 285 g/mol. The van der Waals surface area contributed by atoms with Gasteiger partial charge >= 0.3 is 0 Å². The molecule has 5 heteroatoms. The van der Waals surface area contributed by atoms with E-state index in [9.17, 15) is 4.79 Å². The Balaban J connectivity index is 2.06. The molecule has 0 aliphatic heterocycles. The molecule has 0 aliphatic carbocycles. The van der Waals surface area contributed by atoms with Crippen LogP contribution in [0.25, 0.3) is 0 Å². The van der Waals surface area contributed by atoms with Gasteiger partial charge in [-0.1, -0.05) is 35.3 Å². The minimum Gasteiger partial charge on any atom is -0.324 e. The molecule has 0 aliphatic rings. The Morgan fingerprint density at radius 3 is 2.76 bits per heavy atom. The van der Waals surface area contributed by atoms with Gasteiger partial charge in [0.1, 0.15) is 0 Å². The maximum absolute atomic E-state index is 11.7. The largest absolute Gasteiger partial charge is 0.324 e. The second-order valence-electron chi connectivity index (χ2n) is 3.41. The van der Waals surface area contributed by atoms with E-state index in [1.165, 1.54) is 0 Å². The topological polar surface area (TPSA) is 29.1 Å². The highest BCUT2D eigenvalue weighted by molar-refractivity contribution is 7.10. The van der Waals surface area contributed by atoms with E-state index >= 15 is 0 Å². The number of carbonyl (C=O) groups is 1. The summed E-state index contributed by atoms with van der Waals surface area (Å²) >= 11 is 13.4. The van der Waals surface area contributed by atoms with Crippen molar-refractivity contribution in [2.45, 2.75) is 6.42 Å². The molecule has 0 saturated heterocycles. The van der Waals surface area contributed by atoms with E-state index in [0.717, 1.165) is 4.88 Å². The van der Waals surface area contributed by atoms with Crippen LogP contribution in [-0.4, -0.2) is 5.91 Å². The molecule has 1 N–H and O–H groups in total. The number of halogens is 2. The molecule has 1 heterocycles. The van der Waals surface area contributed by atoms with Crippen molar-refractivity contribution in [3.8, 4) is 0 Å². The summed E-state index contributed by atoms with van der Waals surface area (Å²) in [5, 5.41) is 5.48. The zero-order valence-corrected chi connectivity index (χ0v) is 11.1. The summed E-state index contributed by atoms with van der Waals surface area (Å²) in [4.78, 5) is 12.8. The van der Waals surface area contributed by atoms with Crippen LogP contribution < -0.4 is 5.32 Å². The zero-order chi connectivity index (χ0) is 12.3. The van der Waals surface area contributed by atoms with Gasteiger partial charge < -0.3 is 5.32 Å². The number of anilines is 1. The van der Waals surface area contributed by atoms with Crippen molar-refractivity contribution < 1.29 is 4.79 Å². The van der Waals surface area contributed by atoms with E-state index in [1.54, 1.807) is 29.5 Å². The molecule has 1 aromatic carbocycles. The third-order valence-electron chi connectivity index (χ3n) is 2.14. The highest BCUT2D eigenvalue weighted by atomic mass is 35.5. The number of thiophene rings is 1. The lowest BCUT2D eigenvalue weighted by atomic mass is 10.3. The summed E-state index contributed by atoms with van der Waals surface area (Å²) < 4.78 is 0. The van der Waals surface area contributed by atoms with Gasteiger partial charge in [0.05, 0.1) is 22.2 Å². The van der Waals surface area contributed by atoms with Crippen LogP contribution in [0.1, 0.15) is 4.88 Å². The lowest BCUT2D eigenvalue weighted by Gasteiger charge is -2.07. The van der Waals surface area contributed by atoms with Crippen molar-refractivity contribution in [3.63, 3.8) is 0 Å². The number of benzene rings is 1. The molecule has 0 saturated carbocycles. The van der Waals surface area contributed by atoms with E-state index in [1.807, 2.05) is 17.5 Å². The van der Waals surface area contributed by atoms with Crippen LogP contribution in [0.4, 0.5) is 5.69 Å². The predicted octanol–water partition coefficient (Wildman–Crippen LogP) is 4.24. The SMILES string of the molecule is O=C(Cc1cccs1)Nc1cccc(Cl)c1Cl. The van der Waals surface area contributed by atoms with Gasteiger partial charge in [-0.15, -0.1) is 11.3 Å². The number of hydrogen-bond acceptors (Lipinski definition) is 2. The first kappa shape index (κ1) is 12.4. The highest BCUT2D eigenvalue weighted by Crippen LogP contribution is 2.29. The van der Waals surface area contributed by atoms with E-state index in [4.69, 9.17) is 23.2 Å². The summed E-state index contributed by atoms with van der Waals surface area (Å²) in [6, 6.07) is 8.98. The molecule has 0 atom stereocenters. The van der Waals surface area contributed by atoms with Crippen LogP contribution in [-0.2, 0) is 11.2 Å². The van der Waals surface area contributed by atoms with Crippen molar-refractivity contribution >= 4 is 46.1 Å². The molecule has 2 rings (SSSR count).